The third-order valence-electron chi connectivity index (χ3n) is 2.29. The molecule has 0 unspecified atom stereocenters. The van der Waals surface area contributed by atoms with E-state index in [2.05, 4.69) is 0 Å². The molecule has 0 aromatic heterocycles. The van der Waals surface area contributed by atoms with Crippen molar-refractivity contribution >= 4 is 11.4 Å². The Morgan fingerprint density at radius 1 is 1.56 bits per heavy atom. The van der Waals surface area contributed by atoms with Crippen LogP contribution in [0, 0.1) is 28.4 Å². The average Bonchev–Trinajstić information content (AvgIpc) is 2.27. The molecule has 1 rings (SSSR count). The first-order chi connectivity index (χ1) is 7.47. The molecule has 1 aromatic carbocycles. The fourth-order valence-electron chi connectivity index (χ4n) is 1.25. The first kappa shape index (κ1) is 11.7. The van der Waals surface area contributed by atoms with E-state index < -0.39 is 4.92 Å². The van der Waals surface area contributed by atoms with Crippen molar-refractivity contribution in [2.75, 3.05) is 0 Å². The van der Waals surface area contributed by atoms with E-state index in [0.717, 1.165) is 0 Å². The highest BCUT2D eigenvalue weighted by Gasteiger charge is 2.12. The van der Waals surface area contributed by atoms with Crippen LogP contribution in [0.15, 0.2) is 23.8 Å². The Balaban J connectivity index is 3.35. The molecule has 1 aromatic rings. The van der Waals surface area contributed by atoms with Crippen molar-refractivity contribution < 1.29 is 4.92 Å². The number of benzene rings is 1. The lowest BCUT2D eigenvalue weighted by molar-refractivity contribution is -0.385. The average molecular weight is 217 g/mol. The normalized spacial score (nSPS) is 11.6. The van der Waals surface area contributed by atoms with Gasteiger partial charge in [-0.15, -0.1) is 0 Å². The fourth-order valence-corrected chi connectivity index (χ4v) is 1.25. The van der Waals surface area contributed by atoms with Gasteiger partial charge in [-0.2, -0.15) is 5.26 Å². The molecule has 0 bridgehead atoms. The van der Waals surface area contributed by atoms with Crippen LogP contribution in [0.3, 0.4) is 0 Å². The van der Waals surface area contributed by atoms with Gasteiger partial charge in [0.25, 0.3) is 5.69 Å². The Bertz CT molecular complexity index is 512. The summed E-state index contributed by atoms with van der Waals surface area (Å²) < 4.78 is 0. The van der Waals surface area contributed by atoms with Gasteiger partial charge < -0.3 is 5.73 Å². The molecule has 0 saturated carbocycles. The lowest BCUT2D eigenvalue weighted by atomic mass is 10.1. The molecule has 0 amide bonds. The number of allylic oxidation sites excluding steroid dienone is 1. The Morgan fingerprint density at radius 2 is 2.19 bits per heavy atom. The molecule has 0 aliphatic carbocycles. The number of nitrogens with two attached hydrogens (primary N) is 1. The minimum atomic E-state index is -0.464. The predicted octanol–water partition coefficient (Wildman–Crippen LogP) is 2.12. The van der Waals surface area contributed by atoms with Gasteiger partial charge >= 0.3 is 0 Å². The van der Waals surface area contributed by atoms with Gasteiger partial charge in [-0.05, 0) is 13.8 Å². The number of nitro groups is 1. The number of aryl methyl sites for hydroxylation is 1. The van der Waals surface area contributed by atoms with E-state index >= 15 is 0 Å². The molecule has 0 spiro atoms. The van der Waals surface area contributed by atoms with Crippen molar-refractivity contribution in [3.63, 3.8) is 0 Å². The van der Waals surface area contributed by atoms with Crippen LogP contribution >= 0.6 is 0 Å². The van der Waals surface area contributed by atoms with Gasteiger partial charge in [0.1, 0.15) is 0 Å². The molecule has 16 heavy (non-hydrogen) atoms. The molecule has 0 saturated heterocycles. The van der Waals surface area contributed by atoms with Crippen LogP contribution in [0.25, 0.3) is 5.70 Å². The molecule has 0 heterocycles. The number of nitriles is 1. The summed E-state index contributed by atoms with van der Waals surface area (Å²) in [5.41, 5.74) is 7.39. The highest BCUT2D eigenvalue weighted by Crippen LogP contribution is 2.23. The van der Waals surface area contributed by atoms with Crippen LogP contribution in [0.4, 0.5) is 5.69 Å². The second-order valence-electron chi connectivity index (χ2n) is 3.41. The zero-order chi connectivity index (χ0) is 12.3. The van der Waals surface area contributed by atoms with Crippen molar-refractivity contribution in [1.29, 1.82) is 5.26 Å². The van der Waals surface area contributed by atoms with Crippen molar-refractivity contribution in [3.8, 4) is 6.07 Å². The molecule has 0 fully saturated rings. The van der Waals surface area contributed by atoms with Gasteiger partial charge in [0.05, 0.1) is 16.7 Å². The molecule has 0 aliphatic rings. The van der Waals surface area contributed by atoms with Crippen LogP contribution in [0.1, 0.15) is 18.1 Å². The Morgan fingerprint density at radius 3 is 2.69 bits per heavy atom. The number of hydrogen-bond acceptors (Lipinski definition) is 4. The minimum Gasteiger partial charge on any atom is -0.397 e. The van der Waals surface area contributed by atoms with E-state index in [1.807, 2.05) is 6.07 Å². The highest BCUT2D eigenvalue weighted by atomic mass is 16.6. The Kier molecular flexibility index (Phi) is 3.26. The smallest absolute Gasteiger partial charge is 0.272 e. The fraction of sp³-hybridized carbons (Fsp3) is 0.182. The van der Waals surface area contributed by atoms with E-state index in [1.54, 1.807) is 26.0 Å². The van der Waals surface area contributed by atoms with Gasteiger partial charge in [0.2, 0.25) is 0 Å². The SMILES string of the molecule is C/C(C#N)=C(/N)c1ccc(C)c([N+](=O)[O-])c1. The first-order valence-electron chi connectivity index (χ1n) is 4.59. The minimum absolute atomic E-state index is 0.00573. The first-order valence-corrected chi connectivity index (χ1v) is 4.59. The number of nitrogens with zero attached hydrogens (tertiary/aromatic N) is 2. The van der Waals surface area contributed by atoms with Crippen LogP contribution in [-0.4, -0.2) is 4.92 Å². The monoisotopic (exact) mass is 217 g/mol. The Hall–Kier alpha value is -2.35. The van der Waals surface area contributed by atoms with Crippen LogP contribution < -0.4 is 5.73 Å². The van der Waals surface area contributed by atoms with E-state index in [-0.39, 0.29) is 11.4 Å². The van der Waals surface area contributed by atoms with Crippen molar-refractivity contribution in [2.24, 2.45) is 5.73 Å². The van der Waals surface area contributed by atoms with E-state index in [9.17, 15) is 10.1 Å². The second-order valence-corrected chi connectivity index (χ2v) is 3.41. The maximum atomic E-state index is 10.7. The lowest BCUT2D eigenvalue weighted by Crippen LogP contribution is -2.01. The lowest BCUT2D eigenvalue weighted by Gasteiger charge is -2.04. The zero-order valence-corrected chi connectivity index (χ0v) is 9.02. The van der Waals surface area contributed by atoms with Crippen LogP contribution in [0.5, 0.6) is 0 Å². The summed E-state index contributed by atoms with van der Waals surface area (Å²) in [6, 6.07) is 6.57. The molecule has 0 aliphatic heterocycles. The highest BCUT2D eigenvalue weighted by molar-refractivity contribution is 5.70. The molecule has 5 heteroatoms. The van der Waals surface area contributed by atoms with Gasteiger partial charge in [-0.1, -0.05) is 12.1 Å². The third kappa shape index (κ3) is 2.17. The standard InChI is InChI=1S/C11H11N3O2/c1-7-3-4-9(5-10(7)14(15)16)11(13)8(2)6-12/h3-5H,13H2,1-2H3/b11-8-. The van der Waals surface area contributed by atoms with Gasteiger partial charge in [-0.3, -0.25) is 10.1 Å². The van der Waals surface area contributed by atoms with E-state index in [4.69, 9.17) is 11.0 Å². The van der Waals surface area contributed by atoms with E-state index in [1.165, 1.54) is 6.07 Å². The molecule has 0 radical (unpaired) electrons. The molecule has 5 nitrogen and oxygen atoms in total. The topological polar surface area (TPSA) is 93.0 Å². The van der Waals surface area contributed by atoms with Crippen molar-refractivity contribution in [3.05, 3.63) is 45.0 Å². The van der Waals surface area contributed by atoms with Gasteiger partial charge in [0.15, 0.2) is 0 Å². The van der Waals surface area contributed by atoms with Crippen molar-refractivity contribution in [1.82, 2.24) is 0 Å². The van der Waals surface area contributed by atoms with Crippen molar-refractivity contribution in [2.45, 2.75) is 13.8 Å². The maximum Gasteiger partial charge on any atom is 0.272 e. The van der Waals surface area contributed by atoms with E-state index in [0.29, 0.717) is 16.7 Å². The largest absolute Gasteiger partial charge is 0.397 e. The summed E-state index contributed by atoms with van der Waals surface area (Å²) >= 11 is 0. The zero-order valence-electron chi connectivity index (χ0n) is 9.02. The molecular formula is C11H11N3O2. The summed E-state index contributed by atoms with van der Waals surface area (Å²) in [6.45, 7) is 3.22. The molecule has 2 N–H and O–H groups in total. The Labute approximate surface area is 93.0 Å². The molecular weight excluding hydrogens is 206 g/mol. The van der Waals surface area contributed by atoms with Crippen LogP contribution in [0.2, 0.25) is 0 Å². The number of nitro benzene ring substituents is 1. The summed E-state index contributed by atoms with van der Waals surface area (Å²) in [7, 11) is 0. The second kappa shape index (κ2) is 4.45. The summed E-state index contributed by atoms with van der Waals surface area (Å²) in [5.74, 6) is 0. The number of hydrogen-bond donors (Lipinski definition) is 1. The molecule has 0 atom stereocenters. The quantitative estimate of drug-likeness (QED) is 0.466. The summed E-state index contributed by atoms with van der Waals surface area (Å²) in [6.07, 6.45) is 0. The van der Waals surface area contributed by atoms with Gasteiger partial charge in [0, 0.05) is 22.8 Å². The predicted molar refractivity (Wildman–Crippen MR) is 60.2 cm³/mol. The van der Waals surface area contributed by atoms with Gasteiger partial charge in [-0.25, -0.2) is 0 Å². The summed E-state index contributed by atoms with van der Waals surface area (Å²) in [5, 5.41) is 19.4. The summed E-state index contributed by atoms with van der Waals surface area (Å²) in [4.78, 5) is 10.3. The van der Waals surface area contributed by atoms with Crippen LogP contribution in [-0.2, 0) is 0 Å². The molecule has 82 valence electrons. The maximum absolute atomic E-state index is 10.7. The number of rotatable bonds is 2. The third-order valence-corrected chi connectivity index (χ3v) is 2.29.